The molecule has 0 fully saturated rings. The van der Waals surface area contributed by atoms with E-state index in [-0.39, 0.29) is 5.91 Å². The fourth-order valence-corrected chi connectivity index (χ4v) is 4.12. The number of carbonyl (C=O) groups excluding carboxylic acids is 1. The van der Waals surface area contributed by atoms with Gasteiger partial charge in [0, 0.05) is 24.4 Å². The summed E-state index contributed by atoms with van der Waals surface area (Å²) in [7, 11) is 0. The second kappa shape index (κ2) is 7.87. The van der Waals surface area contributed by atoms with Crippen LogP contribution in [-0.4, -0.2) is 32.1 Å². The molecule has 3 rings (SSSR count). The fourth-order valence-electron chi connectivity index (χ4n) is 2.45. The number of aromatic amines is 1. The topological polar surface area (TPSA) is 53.9 Å². The third kappa shape index (κ3) is 3.82. The molecular formula is C16H18N4OS3. The Labute approximate surface area is 153 Å². The molecule has 24 heavy (non-hydrogen) atoms. The Bertz CT molecular complexity index is 833. The van der Waals surface area contributed by atoms with Crippen LogP contribution >= 0.6 is 34.9 Å². The van der Waals surface area contributed by atoms with E-state index in [1.807, 2.05) is 45.3 Å². The minimum absolute atomic E-state index is 0.131. The molecule has 0 aliphatic carbocycles. The van der Waals surface area contributed by atoms with E-state index in [4.69, 9.17) is 12.2 Å². The quantitative estimate of drug-likeness (QED) is 0.628. The number of carbonyl (C=O) groups is 1. The smallest absolute Gasteiger partial charge is 0.224 e. The molecule has 8 heteroatoms. The van der Waals surface area contributed by atoms with Crippen molar-refractivity contribution in [2.24, 2.45) is 0 Å². The Morgan fingerprint density at radius 2 is 2.12 bits per heavy atom. The molecule has 0 saturated heterocycles. The van der Waals surface area contributed by atoms with E-state index >= 15 is 0 Å². The van der Waals surface area contributed by atoms with Gasteiger partial charge >= 0.3 is 0 Å². The Kier molecular flexibility index (Phi) is 5.60. The van der Waals surface area contributed by atoms with Gasteiger partial charge in [-0.3, -0.25) is 14.5 Å². The number of rotatable bonds is 7. The van der Waals surface area contributed by atoms with E-state index in [0.717, 1.165) is 10.7 Å². The summed E-state index contributed by atoms with van der Waals surface area (Å²) in [6.07, 6.45) is 0.408. The van der Waals surface area contributed by atoms with E-state index in [1.165, 1.54) is 4.88 Å². The molecule has 3 heterocycles. The first-order valence-corrected chi connectivity index (χ1v) is 9.85. The standard InChI is InChI=1S/C16H18N4OS3/c1-2-19(11-12-5-3-9-23-12)14(21)7-8-20-15(17-18-16(20)22)13-6-4-10-24-13/h3-6,9-10H,2,7-8,11H2,1H3,(H,18,22). The maximum absolute atomic E-state index is 12.6. The van der Waals surface area contributed by atoms with E-state index < -0.39 is 0 Å². The Balaban J connectivity index is 1.68. The predicted molar refractivity (Wildman–Crippen MR) is 101 cm³/mol. The van der Waals surface area contributed by atoms with Gasteiger partial charge in [-0.15, -0.1) is 22.7 Å². The zero-order valence-electron chi connectivity index (χ0n) is 13.3. The van der Waals surface area contributed by atoms with Crippen molar-refractivity contribution < 1.29 is 4.79 Å². The lowest BCUT2D eigenvalue weighted by atomic mass is 10.3. The molecule has 5 nitrogen and oxygen atoms in total. The highest BCUT2D eigenvalue weighted by Gasteiger charge is 2.15. The maximum atomic E-state index is 12.6. The first-order chi connectivity index (χ1) is 11.7. The number of hydrogen-bond donors (Lipinski definition) is 1. The van der Waals surface area contributed by atoms with Crippen molar-refractivity contribution in [3.8, 4) is 10.7 Å². The Hall–Kier alpha value is -1.77. The molecule has 3 aromatic rings. The molecule has 3 aromatic heterocycles. The van der Waals surface area contributed by atoms with Gasteiger partial charge in [0.05, 0.1) is 11.4 Å². The van der Waals surface area contributed by atoms with Gasteiger partial charge in [-0.2, -0.15) is 5.10 Å². The highest BCUT2D eigenvalue weighted by molar-refractivity contribution is 7.71. The lowest BCUT2D eigenvalue weighted by Gasteiger charge is -2.20. The fraction of sp³-hybridized carbons (Fsp3) is 0.312. The third-order valence-electron chi connectivity index (χ3n) is 3.71. The van der Waals surface area contributed by atoms with Crippen molar-refractivity contribution in [2.75, 3.05) is 6.54 Å². The SMILES string of the molecule is CCN(Cc1cccs1)C(=O)CCn1c(-c2cccs2)n[nH]c1=S. The zero-order chi connectivity index (χ0) is 16.9. The van der Waals surface area contributed by atoms with E-state index in [0.29, 0.717) is 30.8 Å². The van der Waals surface area contributed by atoms with Crippen molar-refractivity contribution >= 4 is 40.8 Å². The molecule has 0 aliphatic rings. The first-order valence-electron chi connectivity index (χ1n) is 7.68. The van der Waals surface area contributed by atoms with Crippen molar-refractivity contribution in [3.05, 3.63) is 44.7 Å². The summed E-state index contributed by atoms with van der Waals surface area (Å²) in [6.45, 7) is 3.90. The molecule has 0 spiro atoms. The van der Waals surface area contributed by atoms with Crippen LogP contribution in [0.2, 0.25) is 0 Å². The summed E-state index contributed by atoms with van der Waals surface area (Å²) in [5.41, 5.74) is 0. The number of nitrogens with zero attached hydrogens (tertiary/aromatic N) is 3. The zero-order valence-corrected chi connectivity index (χ0v) is 15.7. The van der Waals surface area contributed by atoms with Crippen LogP contribution in [0.3, 0.4) is 0 Å². The van der Waals surface area contributed by atoms with Gasteiger partial charge in [0.15, 0.2) is 10.6 Å². The Morgan fingerprint density at radius 1 is 1.33 bits per heavy atom. The summed E-state index contributed by atoms with van der Waals surface area (Å²) in [5, 5.41) is 11.2. The number of aromatic nitrogens is 3. The molecule has 0 aromatic carbocycles. The van der Waals surface area contributed by atoms with Crippen molar-refractivity contribution in [1.82, 2.24) is 19.7 Å². The van der Waals surface area contributed by atoms with Crippen molar-refractivity contribution in [3.63, 3.8) is 0 Å². The van der Waals surface area contributed by atoms with Crippen LogP contribution in [0.15, 0.2) is 35.0 Å². The van der Waals surface area contributed by atoms with Gasteiger partial charge in [-0.25, -0.2) is 0 Å². The van der Waals surface area contributed by atoms with Gasteiger partial charge in [-0.05, 0) is 42.0 Å². The van der Waals surface area contributed by atoms with Crippen molar-refractivity contribution in [2.45, 2.75) is 26.4 Å². The van der Waals surface area contributed by atoms with Crippen LogP contribution in [0.1, 0.15) is 18.2 Å². The summed E-state index contributed by atoms with van der Waals surface area (Å²) in [4.78, 5) is 16.7. The second-order valence-electron chi connectivity index (χ2n) is 5.22. The van der Waals surface area contributed by atoms with Crippen LogP contribution in [-0.2, 0) is 17.9 Å². The third-order valence-corrected chi connectivity index (χ3v) is 5.75. The first kappa shape index (κ1) is 17.1. The monoisotopic (exact) mass is 378 g/mol. The minimum atomic E-state index is 0.131. The average molecular weight is 379 g/mol. The van der Waals surface area contributed by atoms with Crippen molar-refractivity contribution in [1.29, 1.82) is 0 Å². The number of H-pyrrole nitrogens is 1. The number of nitrogens with one attached hydrogen (secondary N) is 1. The number of thiophene rings is 2. The summed E-state index contributed by atoms with van der Waals surface area (Å²) in [6, 6.07) is 8.05. The van der Waals surface area contributed by atoms with Gasteiger partial charge in [-0.1, -0.05) is 12.1 Å². The molecule has 0 saturated carbocycles. The lowest BCUT2D eigenvalue weighted by molar-refractivity contribution is -0.131. The lowest BCUT2D eigenvalue weighted by Crippen LogP contribution is -2.30. The summed E-state index contributed by atoms with van der Waals surface area (Å²) >= 11 is 8.59. The molecule has 0 aliphatic heterocycles. The predicted octanol–water partition coefficient (Wildman–Crippen LogP) is 4.17. The number of hydrogen-bond acceptors (Lipinski definition) is 5. The molecule has 0 radical (unpaired) electrons. The molecule has 0 atom stereocenters. The maximum Gasteiger partial charge on any atom is 0.224 e. The number of amides is 1. The van der Waals surface area contributed by atoms with Crippen LogP contribution in [0.5, 0.6) is 0 Å². The normalized spacial score (nSPS) is 10.9. The molecule has 0 bridgehead atoms. The average Bonchev–Trinajstić information content (AvgIpc) is 3.32. The molecular weight excluding hydrogens is 360 g/mol. The largest absolute Gasteiger partial charge is 0.338 e. The van der Waals surface area contributed by atoms with Gasteiger partial charge in [0.25, 0.3) is 0 Å². The summed E-state index contributed by atoms with van der Waals surface area (Å²) in [5.74, 6) is 0.926. The molecule has 0 unspecified atom stereocenters. The van der Waals surface area contributed by atoms with Gasteiger partial charge in [0.2, 0.25) is 5.91 Å². The van der Waals surface area contributed by atoms with Crippen LogP contribution < -0.4 is 0 Å². The van der Waals surface area contributed by atoms with Gasteiger partial charge in [0.1, 0.15) is 0 Å². The minimum Gasteiger partial charge on any atom is -0.338 e. The Morgan fingerprint density at radius 3 is 2.79 bits per heavy atom. The second-order valence-corrected chi connectivity index (χ2v) is 7.59. The summed E-state index contributed by atoms with van der Waals surface area (Å²) < 4.78 is 2.45. The molecule has 1 N–H and O–H groups in total. The van der Waals surface area contributed by atoms with Crippen LogP contribution in [0.4, 0.5) is 0 Å². The highest BCUT2D eigenvalue weighted by Crippen LogP contribution is 2.23. The highest BCUT2D eigenvalue weighted by atomic mass is 32.1. The van der Waals surface area contributed by atoms with E-state index in [1.54, 1.807) is 22.7 Å². The van der Waals surface area contributed by atoms with E-state index in [2.05, 4.69) is 16.3 Å². The van der Waals surface area contributed by atoms with Gasteiger partial charge < -0.3 is 4.90 Å². The van der Waals surface area contributed by atoms with Crippen LogP contribution in [0, 0.1) is 4.77 Å². The molecule has 1 amide bonds. The van der Waals surface area contributed by atoms with Crippen LogP contribution in [0.25, 0.3) is 10.7 Å². The molecule has 126 valence electrons. The van der Waals surface area contributed by atoms with E-state index in [9.17, 15) is 4.79 Å².